The number of hydrogen-bond acceptors (Lipinski definition) is 4. The molecule has 30 heavy (non-hydrogen) atoms. The lowest BCUT2D eigenvalue weighted by Crippen LogP contribution is -1.96. The minimum atomic E-state index is -3.29. The van der Waals surface area contributed by atoms with Crippen LogP contribution in [0.4, 0.5) is 0 Å². The summed E-state index contributed by atoms with van der Waals surface area (Å²) >= 11 is 12.8. The van der Waals surface area contributed by atoms with E-state index >= 15 is 0 Å². The molecule has 1 heterocycles. The molecule has 0 N–H and O–H groups in total. The molecule has 0 aliphatic rings. The fraction of sp³-hybridized carbons (Fsp3) is 0.0870. The Morgan fingerprint density at radius 2 is 1.67 bits per heavy atom. The highest BCUT2D eigenvalue weighted by Gasteiger charge is 2.17. The molecule has 0 saturated carbocycles. The van der Waals surface area contributed by atoms with Crippen molar-refractivity contribution in [1.82, 2.24) is 4.98 Å². The van der Waals surface area contributed by atoms with E-state index in [-0.39, 0.29) is 4.90 Å². The monoisotopic (exact) mass is 457 g/mol. The highest BCUT2D eigenvalue weighted by Crippen LogP contribution is 2.40. The fourth-order valence-corrected chi connectivity index (χ4v) is 4.46. The summed E-state index contributed by atoms with van der Waals surface area (Å²) in [5, 5.41) is 0.913. The van der Waals surface area contributed by atoms with Crippen molar-refractivity contribution >= 4 is 33.0 Å². The second-order valence-corrected chi connectivity index (χ2v) is 9.75. The molecule has 0 radical (unpaired) electrons. The van der Waals surface area contributed by atoms with E-state index in [0.717, 1.165) is 11.1 Å². The van der Waals surface area contributed by atoms with Gasteiger partial charge in [-0.25, -0.2) is 13.4 Å². The van der Waals surface area contributed by atoms with Crippen molar-refractivity contribution in [2.45, 2.75) is 11.3 Å². The van der Waals surface area contributed by atoms with E-state index in [1.54, 1.807) is 42.7 Å². The minimum absolute atomic E-state index is 0.240. The van der Waals surface area contributed by atoms with Gasteiger partial charge in [0.15, 0.2) is 15.7 Å². The maximum Gasteiger partial charge on any atom is 0.198 e. The first-order valence-corrected chi connectivity index (χ1v) is 11.7. The maximum absolute atomic E-state index is 11.8. The van der Waals surface area contributed by atoms with Gasteiger partial charge in [0.2, 0.25) is 0 Å². The molecule has 0 aliphatic heterocycles. The number of rotatable bonds is 5. The van der Waals surface area contributed by atoms with Crippen LogP contribution < -0.4 is 0 Å². The molecule has 4 rings (SSSR count). The van der Waals surface area contributed by atoms with E-state index in [0.29, 0.717) is 39.2 Å². The zero-order valence-electron chi connectivity index (χ0n) is 16.0. The minimum Gasteiger partial charge on any atom is -0.448 e. The Hall–Kier alpha value is -2.60. The van der Waals surface area contributed by atoms with Gasteiger partial charge in [0, 0.05) is 28.8 Å². The van der Waals surface area contributed by atoms with Gasteiger partial charge in [-0.2, -0.15) is 0 Å². The maximum atomic E-state index is 11.8. The summed E-state index contributed by atoms with van der Waals surface area (Å²) in [6.07, 6.45) is 3.31. The third-order valence-electron chi connectivity index (χ3n) is 4.65. The topological polar surface area (TPSA) is 60.2 Å². The van der Waals surface area contributed by atoms with Gasteiger partial charge in [-0.15, -0.1) is 0 Å². The van der Waals surface area contributed by atoms with Gasteiger partial charge >= 0.3 is 0 Å². The zero-order valence-corrected chi connectivity index (χ0v) is 18.3. The summed E-state index contributed by atoms with van der Waals surface area (Å²) in [5.41, 5.74) is 3.87. The van der Waals surface area contributed by atoms with Gasteiger partial charge in [0.25, 0.3) is 0 Å². The number of halogens is 2. The molecule has 1 aromatic heterocycles. The van der Waals surface area contributed by atoms with Crippen molar-refractivity contribution < 1.29 is 12.8 Å². The normalized spacial score (nSPS) is 11.6. The van der Waals surface area contributed by atoms with Gasteiger partial charge < -0.3 is 4.42 Å². The van der Waals surface area contributed by atoms with Gasteiger partial charge in [-0.05, 0) is 35.4 Å². The van der Waals surface area contributed by atoms with Crippen LogP contribution in [0.25, 0.3) is 22.4 Å². The Balaban J connectivity index is 1.76. The van der Waals surface area contributed by atoms with E-state index in [1.165, 1.54) is 6.26 Å². The predicted molar refractivity (Wildman–Crippen MR) is 120 cm³/mol. The van der Waals surface area contributed by atoms with Crippen molar-refractivity contribution in [2.24, 2.45) is 0 Å². The molecular weight excluding hydrogens is 441 g/mol. The zero-order chi connectivity index (χ0) is 21.3. The van der Waals surface area contributed by atoms with Crippen molar-refractivity contribution in [3.63, 3.8) is 0 Å². The molecular formula is C23H17Cl2NO3S. The summed E-state index contributed by atoms with van der Waals surface area (Å²) in [7, 11) is -3.29. The van der Waals surface area contributed by atoms with Gasteiger partial charge in [-0.3, -0.25) is 0 Å². The smallest absolute Gasteiger partial charge is 0.198 e. The number of oxazole rings is 1. The SMILES string of the molecule is CS(=O)(=O)c1ccc(-c2c(Cl)cc(Cl)cc2-c2coc(Cc3ccccc3)n2)cc1. The number of sulfone groups is 1. The molecule has 4 nitrogen and oxygen atoms in total. The highest BCUT2D eigenvalue weighted by atomic mass is 35.5. The number of nitrogens with zero attached hydrogens (tertiary/aromatic N) is 1. The molecule has 0 fully saturated rings. The summed E-state index contributed by atoms with van der Waals surface area (Å²) in [5.74, 6) is 0.575. The fourth-order valence-electron chi connectivity index (χ4n) is 3.22. The summed E-state index contributed by atoms with van der Waals surface area (Å²) in [6, 6.07) is 19.9. The first-order chi connectivity index (χ1) is 14.3. The number of aromatic nitrogens is 1. The third kappa shape index (κ3) is 4.43. The van der Waals surface area contributed by atoms with Crippen LogP contribution in [0.1, 0.15) is 11.5 Å². The quantitative estimate of drug-likeness (QED) is 0.352. The first-order valence-electron chi connectivity index (χ1n) is 9.09. The lowest BCUT2D eigenvalue weighted by molar-refractivity contribution is 0.507. The van der Waals surface area contributed by atoms with Crippen LogP contribution in [0.15, 0.2) is 82.3 Å². The van der Waals surface area contributed by atoms with Crippen molar-refractivity contribution in [2.75, 3.05) is 6.26 Å². The largest absolute Gasteiger partial charge is 0.448 e. The molecule has 0 aliphatic carbocycles. The highest BCUT2D eigenvalue weighted by molar-refractivity contribution is 7.90. The molecule has 0 atom stereocenters. The Morgan fingerprint density at radius 1 is 0.967 bits per heavy atom. The van der Waals surface area contributed by atoms with Crippen LogP contribution in [0, 0.1) is 0 Å². The van der Waals surface area contributed by atoms with Gasteiger partial charge in [-0.1, -0.05) is 65.7 Å². The Morgan fingerprint density at radius 3 is 2.33 bits per heavy atom. The molecule has 4 aromatic rings. The summed E-state index contributed by atoms with van der Waals surface area (Å²) < 4.78 is 29.2. The lowest BCUT2D eigenvalue weighted by Gasteiger charge is -2.11. The Labute approximate surface area is 185 Å². The molecule has 0 unspecified atom stereocenters. The molecule has 3 aromatic carbocycles. The van der Waals surface area contributed by atoms with Crippen LogP contribution in [0.2, 0.25) is 10.0 Å². The molecule has 0 amide bonds. The van der Waals surface area contributed by atoms with E-state index in [2.05, 4.69) is 4.98 Å². The predicted octanol–water partition coefficient (Wildman–Crippen LogP) is 6.31. The molecule has 0 bridgehead atoms. The lowest BCUT2D eigenvalue weighted by atomic mass is 9.98. The standard InChI is InChI=1S/C23H17Cl2NO3S/c1-30(27,28)18-9-7-16(8-10-18)23-19(12-17(24)13-20(23)25)21-14-29-22(26-21)11-15-5-3-2-4-6-15/h2-10,12-14H,11H2,1H3. The van der Waals surface area contributed by atoms with E-state index < -0.39 is 9.84 Å². The van der Waals surface area contributed by atoms with Crippen LogP contribution in [-0.4, -0.2) is 19.7 Å². The van der Waals surface area contributed by atoms with Crippen molar-refractivity contribution in [3.8, 4) is 22.4 Å². The van der Waals surface area contributed by atoms with Crippen molar-refractivity contribution in [1.29, 1.82) is 0 Å². The second kappa shape index (κ2) is 8.26. The Kier molecular flexibility index (Phi) is 5.69. The molecule has 0 spiro atoms. The molecule has 7 heteroatoms. The van der Waals surface area contributed by atoms with Crippen LogP contribution in [0.5, 0.6) is 0 Å². The van der Waals surface area contributed by atoms with E-state index in [1.807, 2.05) is 30.3 Å². The Bertz CT molecular complexity index is 1300. The molecule has 0 saturated heterocycles. The van der Waals surface area contributed by atoms with Gasteiger partial charge in [0.05, 0.1) is 9.92 Å². The summed E-state index contributed by atoms with van der Waals surface area (Å²) in [4.78, 5) is 4.86. The second-order valence-electron chi connectivity index (χ2n) is 6.90. The van der Waals surface area contributed by atoms with Crippen LogP contribution in [0.3, 0.4) is 0 Å². The third-order valence-corrected chi connectivity index (χ3v) is 6.30. The van der Waals surface area contributed by atoms with Crippen molar-refractivity contribution in [3.05, 3.63) is 94.5 Å². The van der Waals surface area contributed by atoms with Crippen LogP contribution in [-0.2, 0) is 16.3 Å². The average Bonchev–Trinajstić information content (AvgIpc) is 3.16. The average molecular weight is 458 g/mol. The van der Waals surface area contributed by atoms with E-state index in [4.69, 9.17) is 27.6 Å². The van der Waals surface area contributed by atoms with Gasteiger partial charge in [0.1, 0.15) is 12.0 Å². The number of hydrogen-bond donors (Lipinski definition) is 0. The summed E-state index contributed by atoms with van der Waals surface area (Å²) in [6.45, 7) is 0. The van der Waals surface area contributed by atoms with Crippen LogP contribution >= 0.6 is 23.2 Å². The number of benzene rings is 3. The molecule has 152 valence electrons. The first kappa shape index (κ1) is 20.7. The van der Waals surface area contributed by atoms with E-state index in [9.17, 15) is 8.42 Å².